The van der Waals surface area contributed by atoms with Gasteiger partial charge in [-0.1, -0.05) is 0 Å². The molecule has 2 N–H and O–H groups in total. The highest BCUT2D eigenvalue weighted by Crippen LogP contribution is 2.09. The fourth-order valence-electron chi connectivity index (χ4n) is 2.26. The second-order valence-corrected chi connectivity index (χ2v) is 4.80. The lowest BCUT2D eigenvalue weighted by molar-refractivity contribution is -0.121. The molecule has 94 valence electrons. The van der Waals surface area contributed by atoms with Crippen molar-refractivity contribution < 1.29 is 4.79 Å². The Morgan fingerprint density at radius 3 is 3.00 bits per heavy atom. The Kier molecular flexibility index (Phi) is 3.84. The Morgan fingerprint density at radius 1 is 1.59 bits per heavy atom. The fraction of sp³-hybridized carbons (Fsp3) is 0.615. The van der Waals surface area contributed by atoms with E-state index in [0.29, 0.717) is 19.0 Å². The van der Waals surface area contributed by atoms with E-state index in [0.717, 1.165) is 18.7 Å². The van der Waals surface area contributed by atoms with Crippen molar-refractivity contribution in [2.45, 2.75) is 38.8 Å². The predicted octanol–water partition coefficient (Wildman–Crippen LogP) is 1.09. The molecule has 0 radical (unpaired) electrons. The van der Waals surface area contributed by atoms with Crippen LogP contribution in [0.4, 0.5) is 0 Å². The van der Waals surface area contributed by atoms with Gasteiger partial charge in [0.05, 0.1) is 6.54 Å². The van der Waals surface area contributed by atoms with E-state index in [-0.39, 0.29) is 5.91 Å². The number of aromatic nitrogens is 1. The third-order valence-electron chi connectivity index (χ3n) is 3.54. The largest absolute Gasteiger partial charge is 0.350 e. The SMILES string of the molecule is Cc1ccc(CNC(=O)CC2CCCN2)n1C. The first kappa shape index (κ1) is 12.2. The summed E-state index contributed by atoms with van der Waals surface area (Å²) in [6.07, 6.45) is 2.91. The van der Waals surface area contributed by atoms with Gasteiger partial charge in [0, 0.05) is 30.9 Å². The Labute approximate surface area is 102 Å². The number of carbonyl (C=O) groups excluding carboxylic acids is 1. The summed E-state index contributed by atoms with van der Waals surface area (Å²) < 4.78 is 2.11. The van der Waals surface area contributed by atoms with Gasteiger partial charge in [-0.3, -0.25) is 4.79 Å². The highest BCUT2D eigenvalue weighted by atomic mass is 16.1. The summed E-state index contributed by atoms with van der Waals surface area (Å²) in [4.78, 5) is 11.7. The van der Waals surface area contributed by atoms with Crippen LogP contribution in [-0.2, 0) is 18.4 Å². The Bertz CT molecular complexity index is 391. The van der Waals surface area contributed by atoms with Gasteiger partial charge in [-0.15, -0.1) is 0 Å². The summed E-state index contributed by atoms with van der Waals surface area (Å²) >= 11 is 0. The van der Waals surface area contributed by atoms with Crippen molar-refractivity contribution in [3.63, 3.8) is 0 Å². The molecule has 1 aromatic rings. The van der Waals surface area contributed by atoms with Crippen molar-refractivity contribution in [3.8, 4) is 0 Å². The Balaban J connectivity index is 1.77. The molecule has 2 heterocycles. The molecule has 1 aliphatic heterocycles. The van der Waals surface area contributed by atoms with E-state index in [9.17, 15) is 4.79 Å². The molecule has 1 aliphatic rings. The van der Waals surface area contributed by atoms with Gasteiger partial charge in [0.1, 0.15) is 0 Å². The smallest absolute Gasteiger partial charge is 0.221 e. The lowest BCUT2D eigenvalue weighted by atomic mass is 10.1. The van der Waals surface area contributed by atoms with Gasteiger partial charge in [-0.2, -0.15) is 0 Å². The molecule has 0 spiro atoms. The summed E-state index contributed by atoms with van der Waals surface area (Å²) in [7, 11) is 2.02. The lowest BCUT2D eigenvalue weighted by Crippen LogP contribution is -2.31. The lowest BCUT2D eigenvalue weighted by Gasteiger charge is -2.11. The maximum atomic E-state index is 11.7. The monoisotopic (exact) mass is 235 g/mol. The van der Waals surface area contributed by atoms with Crippen LogP contribution in [0.15, 0.2) is 12.1 Å². The molecule has 0 aromatic carbocycles. The highest BCUT2D eigenvalue weighted by molar-refractivity contribution is 5.76. The van der Waals surface area contributed by atoms with Crippen LogP contribution in [0.2, 0.25) is 0 Å². The zero-order valence-corrected chi connectivity index (χ0v) is 10.6. The van der Waals surface area contributed by atoms with Crippen molar-refractivity contribution >= 4 is 5.91 Å². The number of aryl methyl sites for hydroxylation is 1. The number of rotatable bonds is 4. The maximum absolute atomic E-state index is 11.7. The zero-order chi connectivity index (χ0) is 12.3. The zero-order valence-electron chi connectivity index (χ0n) is 10.6. The predicted molar refractivity (Wildman–Crippen MR) is 67.6 cm³/mol. The normalized spacial score (nSPS) is 19.5. The molecule has 17 heavy (non-hydrogen) atoms. The first-order chi connectivity index (χ1) is 8.16. The van der Waals surface area contributed by atoms with Crippen LogP contribution >= 0.6 is 0 Å². The van der Waals surface area contributed by atoms with E-state index in [1.165, 1.54) is 12.1 Å². The van der Waals surface area contributed by atoms with Crippen molar-refractivity contribution in [1.82, 2.24) is 15.2 Å². The van der Waals surface area contributed by atoms with E-state index in [1.807, 2.05) is 7.05 Å². The first-order valence-corrected chi connectivity index (χ1v) is 6.28. The minimum atomic E-state index is 0.142. The van der Waals surface area contributed by atoms with Crippen LogP contribution in [0.25, 0.3) is 0 Å². The van der Waals surface area contributed by atoms with Gasteiger partial charge < -0.3 is 15.2 Å². The number of hydrogen-bond acceptors (Lipinski definition) is 2. The average molecular weight is 235 g/mol. The van der Waals surface area contributed by atoms with Crippen LogP contribution in [0.1, 0.15) is 30.7 Å². The van der Waals surface area contributed by atoms with Crippen LogP contribution in [0.3, 0.4) is 0 Å². The number of carbonyl (C=O) groups is 1. The van der Waals surface area contributed by atoms with E-state index in [2.05, 4.69) is 34.3 Å². The molecule has 1 amide bonds. The summed E-state index contributed by atoms with van der Waals surface area (Å²) in [6, 6.07) is 4.51. The molecule has 1 aromatic heterocycles. The molecule has 0 aliphatic carbocycles. The summed E-state index contributed by atoms with van der Waals surface area (Å²) in [5.41, 5.74) is 2.36. The van der Waals surface area contributed by atoms with Crippen molar-refractivity contribution in [1.29, 1.82) is 0 Å². The van der Waals surface area contributed by atoms with Crippen molar-refractivity contribution in [2.75, 3.05) is 6.54 Å². The van der Waals surface area contributed by atoms with Gasteiger partial charge >= 0.3 is 0 Å². The third kappa shape index (κ3) is 3.09. The molecule has 1 saturated heterocycles. The molecule has 4 nitrogen and oxygen atoms in total. The van der Waals surface area contributed by atoms with Crippen molar-refractivity contribution in [2.24, 2.45) is 7.05 Å². The quantitative estimate of drug-likeness (QED) is 0.820. The van der Waals surface area contributed by atoms with Crippen LogP contribution in [-0.4, -0.2) is 23.1 Å². The van der Waals surface area contributed by atoms with Gasteiger partial charge in [-0.25, -0.2) is 0 Å². The van der Waals surface area contributed by atoms with E-state index < -0.39 is 0 Å². The molecule has 0 bridgehead atoms. The number of amides is 1. The number of nitrogens with zero attached hydrogens (tertiary/aromatic N) is 1. The molecule has 2 rings (SSSR count). The van der Waals surface area contributed by atoms with E-state index >= 15 is 0 Å². The molecular formula is C13H21N3O. The molecule has 1 fully saturated rings. The highest BCUT2D eigenvalue weighted by Gasteiger charge is 2.17. The molecule has 1 atom stereocenters. The Hall–Kier alpha value is -1.29. The first-order valence-electron chi connectivity index (χ1n) is 6.28. The standard InChI is InChI=1S/C13H21N3O/c1-10-5-6-12(16(10)2)9-15-13(17)8-11-4-3-7-14-11/h5-6,11,14H,3-4,7-9H2,1-2H3,(H,15,17). The average Bonchev–Trinajstić information content (AvgIpc) is 2.90. The van der Waals surface area contributed by atoms with Gasteiger partial charge in [-0.05, 0) is 38.4 Å². The minimum Gasteiger partial charge on any atom is -0.350 e. The molecule has 4 heteroatoms. The van der Waals surface area contributed by atoms with Gasteiger partial charge in [0.2, 0.25) is 5.91 Å². The van der Waals surface area contributed by atoms with E-state index in [4.69, 9.17) is 0 Å². The van der Waals surface area contributed by atoms with Crippen LogP contribution < -0.4 is 10.6 Å². The third-order valence-corrected chi connectivity index (χ3v) is 3.54. The van der Waals surface area contributed by atoms with Gasteiger partial charge in [0.15, 0.2) is 0 Å². The molecular weight excluding hydrogens is 214 g/mol. The summed E-state index contributed by atoms with van der Waals surface area (Å²) in [5.74, 6) is 0.142. The number of hydrogen-bond donors (Lipinski definition) is 2. The van der Waals surface area contributed by atoms with Crippen LogP contribution in [0.5, 0.6) is 0 Å². The van der Waals surface area contributed by atoms with Gasteiger partial charge in [0.25, 0.3) is 0 Å². The minimum absolute atomic E-state index is 0.142. The van der Waals surface area contributed by atoms with Crippen molar-refractivity contribution in [3.05, 3.63) is 23.5 Å². The molecule has 0 saturated carbocycles. The van der Waals surface area contributed by atoms with E-state index in [1.54, 1.807) is 0 Å². The Morgan fingerprint density at radius 2 is 2.41 bits per heavy atom. The molecule has 1 unspecified atom stereocenters. The maximum Gasteiger partial charge on any atom is 0.221 e. The second-order valence-electron chi connectivity index (χ2n) is 4.80. The summed E-state index contributed by atoms with van der Waals surface area (Å²) in [5, 5.41) is 6.32. The number of nitrogens with one attached hydrogen (secondary N) is 2. The summed E-state index contributed by atoms with van der Waals surface area (Å²) in [6.45, 7) is 3.73. The topological polar surface area (TPSA) is 46.1 Å². The van der Waals surface area contributed by atoms with Crippen LogP contribution in [0, 0.1) is 6.92 Å². The fourth-order valence-corrected chi connectivity index (χ4v) is 2.26. The second kappa shape index (κ2) is 5.36.